The van der Waals surface area contributed by atoms with E-state index in [0.717, 1.165) is 49.9 Å². The maximum Gasteiger partial charge on any atom is 0.407 e. The molecule has 17 heteroatoms. The summed E-state index contributed by atoms with van der Waals surface area (Å²) in [4.78, 5) is 65.7. The number of carbonyl (C=O) groups is 4. The van der Waals surface area contributed by atoms with Crippen LogP contribution in [0.15, 0.2) is 41.8 Å². The first-order valence-electron chi connectivity index (χ1n) is 20.6. The van der Waals surface area contributed by atoms with E-state index in [0.29, 0.717) is 53.1 Å². The molecule has 3 saturated carbocycles. The SMILES string of the molecule is COc1ccc2c(O[C@H]3CC4C(=O)[C@@H](NC(=O)OC5CCCC5)CCCCC/C=C\[C@@H]5C[C@@]5(C(=O)NS(C)(=O)=O)NC(=O)[C@@H]4C3)cc(-c3csc(NC(C)C)n3)nc2c1. The first-order valence-corrected chi connectivity index (χ1v) is 23.4. The highest BCUT2D eigenvalue weighted by Crippen LogP contribution is 2.47. The molecular formula is C42H54N6O9S2. The van der Waals surface area contributed by atoms with Gasteiger partial charge in [-0.2, -0.15) is 0 Å². The number of allylic oxidation sites excluding steroid dienone is 1. The molecular weight excluding hydrogens is 797 g/mol. The van der Waals surface area contributed by atoms with E-state index in [9.17, 15) is 27.6 Å². The lowest BCUT2D eigenvalue weighted by atomic mass is 9.86. The summed E-state index contributed by atoms with van der Waals surface area (Å²) in [6.07, 6.45) is 10.5. The third-order valence-electron chi connectivity index (χ3n) is 11.7. The number of Topliss-reactive ketones (excluding diaryl/α,β-unsaturated/α-hetero) is 1. The van der Waals surface area contributed by atoms with Crippen molar-refractivity contribution in [3.63, 3.8) is 0 Å². The number of amides is 3. The molecule has 4 N–H and O–H groups in total. The summed E-state index contributed by atoms with van der Waals surface area (Å²) in [5.41, 5.74) is 0.299. The molecule has 3 aromatic rings. The van der Waals surface area contributed by atoms with Crippen LogP contribution in [0.1, 0.15) is 90.9 Å². The summed E-state index contributed by atoms with van der Waals surface area (Å²) in [5.74, 6) is -2.91. The number of nitrogens with one attached hydrogen (secondary N) is 4. The number of thiazole rings is 1. The molecule has 59 heavy (non-hydrogen) atoms. The molecule has 3 aliphatic carbocycles. The van der Waals surface area contributed by atoms with Crippen LogP contribution in [-0.4, -0.2) is 85.3 Å². The molecule has 3 amide bonds. The van der Waals surface area contributed by atoms with Gasteiger partial charge in [0.2, 0.25) is 15.9 Å². The van der Waals surface area contributed by atoms with Crippen molar-refractivity contribution in [2.45, 2.75) is 121 Å². The van der Waals surface area contributed by atoms with Gasteiger partial charge in [-0.1, -0.05) is 25.0 Å². The number of nitrogens with zero attached hydrogens (tertiary/aromatic N) is 2. The molecule has 0 bridgehead atoms. The molecule has 2 aromatic heterocycles. The van der Waals surface area contributed by atoms with Crippen molar-refractivity contribution < 1.29 is 41.8 Å². The van der Waals surface area contributed by atoms with Gasteiger partial charge in [0.25, 0.3) is 5.91 Å². The van der Waals surface area contributed by atoms with Crippen molar-refractivity contribution in [3.05, 3.63) is 41.8 Å². The summed E-state index contributed by atoms with van der Waals surface area (Å²) in [6.45, 7) is 4.06. The topological polar surface area (TPSA) is 204 Å². The van der Waals surface area contributed by atoms with Crippen LogP contribution >= 0.6 is 11.3 Å². The number of hydrogen-bond donors (Lipinski definition) is 4. The number of benzene rings is 1. The van der Waals surface area contributed by atoms with Gasteiger partial charge in [0.1, 0.15) is 34.9 Å². The van der Waals surface area contributed by atoms with Gasteiger partial charge >= 0.3 is 6.09 Å². The van der Waals surface area contributed by atoms with Crippen molar-refractivity contribution in [1.82, 2.24) is 25.3 Å². The molecule has 0 spiro atoms. The molecule has 7 rings (SSSR count). The zero-order valence-electron chi connectivity index (χ0n) is 34.0. The van der Waals surface area contributed by atoms with Gasteiger partial charge < -0.3 is 30.2 Å². The predicted molar refractivity (Wildman–Crippen MR) is 224 cm³/mol. The summed E-state index contributed by atoms with van der Waals surface area (Å²) >= 11 is 1.46. The Balaban J connectivity index is 1.22. The average Bonchev–Trinajstić information content (AvgIpc) is 3.61. The second-order valence-corrected chi connectivity index (χ2v) is 19.2. The number of alkyl carbamates (subject to hydrolysis) is 1. The monoisotopic (exact) mass is 850 g/mol. The van der Waals surface area contributed by atoms with Crippen LogP contribution in [0.4, 0.5) is 9.93 Å². The van der Waals surface area contributed by atoms with Crippen LogP contribution in [0.2, 0.25) is 0 Å². The van der Waals surface area contributed by atoms with Gasteiger partial charge in [-0.25, -0.2) is 23.2 Å². The number of aromatic nitrogens is 2. The average molecular weight is 851 g/mol. The second-order valence-electron chi connectivity index (χ2n) is 16.6. The highest BCUT2D eigenvalue weighted by molar-refractivity contribution is 7.89. The fraction of sp³-hybridized carbons (Fsp3) is 0.571. The van der Waals surface area contributed by atoms with E-state index < -0.39 is 63.4 Å². The maximum absolute atomic E-state index is 14.8. The van der Waals surface area contributed by atoms with Gasteiger partial charge in [0.15, 0.2) is 10.9 Å². The summed E-state index contributed by atoms with van der Waals surface area (Å²) in [6, 6.07) is 6.53. The standard InChI is InChI=1S/C42H54N6O9S2/c1-24(2)43-40-45-35(23-58-40)34-21-36(29-17-16-27(55-3)20-33(29)44-34)56-28-18-30-31(19-28)38(50)47-42(39(51)48-59(4,53)54)22-25(42)12-8-6-5-7-9-15-32(37(30)49)46-41(52)57-26-13-10-11-14-26/h8,12,16-17,20-21,23-26,28,30-32H,5-7,9-11,13-15,18-19,22H2,1-4H3,(H,43,45)(H,46,52)(H,47,50)(H,48,51)/b12-8-/t25-,28+,30?,31-,32+,42-/m1/s1. The number of sulfonamides is 1. The van der Waals surface area contributed by atoms with E-state index in [4.69, 9.17) is 24.2 Å². The lowest BCUT2D eigenvalue weighted by molar-refractivity contribution is -0.136. The predicted octanol–water partition coefficient (Wildman–Crippen LogP) is 6.04. The smallest absolute Gasteiger partial charge is 0.407 e. The fourth-order valence-electron chi connectivity index (χ4n) is 8.59. The lowest BCUT2D eigenvalue weighted by Gasteiger charge is -2.26. The Hall–Kier alpha value is -4.77. The molecule has 3 fully saturated rings. The zero-order chi connectivity index (χ0) is 41.9. The number of ketones is 1. The molecule has 318 valence electrons. The Morgan fingerprint density at radius 2 is 1.73 bits per heavy atom. The minimum atomic E-state index is -3.94. The van der Waals surface area contributed by atoms with Crippen molar-refractivity contribution in [2.24, 2.45) is 17.8 Å². The van der Waals surface area contributed by atoms with Crippen molar-refractivity contribution in [2.75, 3.05) is 18.7 Å². The van der Waals surface area contributed by atoms with Gasteiger partial charge in [0, 0.05) is 40.8 Å². The summed E-state index contributed by atoms with van der Waals surface area (Å²) in [5, 5.41) is 12.4. The maximum atomic E-state index is 14.8. The number of methoxy groups -OCH3 is 1. The lowest BCUT2D eigenvalue weighted by Crippen LogP contribution is -2.54. The van der Waals surface area contributed by atoms with Gasteiger partial charge in [0.05, 0.1) is 36.5 Å². The Kier molecular flexibility index (Phi) is 12.8. The van der Waals surface area contributed by atoms with Crippen LogP contribution in [0.5, 0.6) is 11.5 Å². The summed E-state index contributed by atoms with van der Waals surface area (Å²) < 4.78 is 44.5. The van der Waals surface area contributed by atoms with Crippen LogP contribution < -0.4 is 30.1 Å². The first-order chi connectivity index (χ1) is 28.2. The molecule has 15 nitrogen and oxygen atoms in total. The van der Waals surface area contributed by atoms with Crippen LogP contribution in [0, 0.1) is 17.8 Å². The molecule has 0 radical (unpaired) electrons. The number of ether oxygens (including phenoxy) is 3. The number of pyridine rings is 1. The molecule has 6 atom stereocenters. The second kappa shape index (κ2) is 17.8. The van der Waals surface area contributed by atoms with Crippen molar-refractivity contribution >= 4 is 61.1 Å². The van der Waals surface area contributed by atoms with E-state index in [2.05, 4.69) is 20.7 Å². The first kappa shape index (κ1) is 42.4. The highest BCUT2D eigenvalue weighted by atomic mass is 32.2. The molecule has 1 aliphatic heterocycles. The minimum Gasteiger partial charge on any atom is -0.497 e. The van der Waals surface area contributed by atoms with E-state index in [-0.39, 0.29) is 37.2 Å². The zero-order valence-corrected chi connectivity index (χ0v) is 35.6. The molecule has 1 unspecified atom stereocenters. The Bertz CT molecular complexity index is 2200. The van der Waals surface area contributed by atoms with Crippen molar-refractivity contribution in [3.8, 4) is 22.9 Å². The Morgan fingerprint density at radius 1 is 0.966 bits per heavy atom. The number of anilines is 1. The largest absolute Gasteiger partial charge is 0.497 e. The Morgan fingerprint density at radius 3 is 2.47 bits per heavy atom. The van der Waals surface area contributed by atoms with Gasteiger partial charge in [-0.15, -0.1) is 11.3 Å². The Labute approximate surface area is 348 Å². The fourth-order valence-corrected chi connectivity index (χ4v) is 9.96. The number of carbonyl (C=O) groups excluding carboxylic acids is 4. The number of rotatable bonds is 10. The third-order valence-corrected chi connectivity index (χ3v) is 13.0. The molecule has 4 aliphatic rings. The van der Waals surface area contributed by atoms with Gasteiger partial charge in [-0.05, 0) is 90.2 Å². The van der Waals surface area contributed by atoms with E-state index >= 15 is 0 Å². The van der Waals surface area contributed by atoms with Gasteiger partial charge in [-0.3, -0.25) is 19.1 Å². The summed E-state index contributed by atoms with van der Waals surface area (Å²) in [7, 11) is -2.36. The van der Waals surface area contributed by atoms with Crippen molar-refractivity contribution in [1.29, 1.82) is 0 Å². The van der Waals surface area contributed by atoms with E-state index in [1.165, 1.54) is 11.3 Å². The number of hydrogen-bond acceptors (Lipinski definition) is 13. The molecule has 3 heterocycles. The van der Waals surface area contributed by atoms with E-state index in [1.807, 2.05) is 37.4 Å². The minimum absolute atomic E-state index is 0.111. The number of fused-ring (bicyclic) bond motifs is 3. The van der Waals surface area contributed by atoms with E-state index in [1.54, 1.807) is 25.3 Å². The normalized spacial score (nSPS) is 27.1. The quantitative estimate of drug-likeness (QED) is 0.173. The highest BCUT2D eigenvalue weighted by Gasteiger charge is 2.61. The third kappa shape index (κ3) is 10.2. The van der Waals surface area contributed by atoms with Crippen LogP contribution in [0.3, 0.4) is 0 Å². The molecule has 1 aromatic carbocycles. The van der Waals surface area contributed by atoms with Crippen LogP contribution in [0.25, 0.3) is 22.3 Å². The molecule has 0 saturated heterocycles. The van der Waals surface area contributed by atoms with Crippen LogP contribution in [-0.2, 0) is 29.1 Å².